The molecule has 0 saturated carbocycles. The van der Waals surface area contributed by atoms with Gasteiger partial charge in [-0.15, -0.1) is 0 Å². The molecule has 0 aliphatic carbocycles. The van der Waals surface area contributed by atoms with Crippen LogP contribution in [0.15, 0.2) is 0 Å². The lowest BCUT2D eigenvalue weighted by molar-refractivity contribution is -0.250. The van der Waals surface area contributed by atoms with E-state index in [0.717, 1.165) is 0 Å². The third-order valence-electron chi connectivity index (χ3n) is 3.23. The van der Waals surface area contributed by atoms with Crippen molar-refractivity contribution in [2.24, 2.45) is 5.92 Å². The van der Waals surface area contributed by atoms with Gasteiger partial charge in [-0.25, -0.2) is 14.4 Å². The molecule has 2 unspecified atom stereocenters. The molecular formula is C16H31N4O6+. The number of carbonyl (C=O) groups is 4. The van der Waals surface area contributed by atoms with Crippen molar-refractivity contribution in [2.45, 2.75) is 65.1 Å². The van der Waals surface area contributed by atoms with Gasteiger partial charge in [-0.05, 0) is 39.5 Å². The number of quaternary nitrogens is 1. The van der Waals surface area contributed by atoms with Gasteiger partial charge in [0.1, 0.15) is 17.7 Å². The van der Waals surface area contributed by atoms with Crippen molar-refractivity contribution in [1.29, 1.82) is 0 Å². The number of urea groups is 1. The minimum absolute atomic E-state index is 0.124. The standard InChI is InChI=1S/C16H30N4O6/c1-9(2)11(20-15(25)26-16(3,4)5)12(21)19-10(13(22)23)7-6-8-18-14(17)24/h9-11H,6-8H2,1-5H3,(H,19,21)(H,20,25)(H,22,23)(H3,17,18,24)/p+1. The molecule has 0 radical (unpaired) electrons. The number of carbonyl (C=O) groups excluding carboxylic acids is 3. The molecule has 10 nitrogen and oxygen atoms in total. The Bertz CT molecular complexity index is 515. The minimum atomic E-state index is -1.20. The van der Waals surface area contributed by atoms with Crippen LogP contribution < -0.4 is 21.7 Å². The monoisotopic (exact) mass is 375 g/mol. The van der Waals surface area contributed by atoms with Crippen LogP contribution in [0.5, 0.6) is 0 Å². The van der Waals surface area contributed by atoms with Gasteiger partial charge in [-0.2, -0.15) is 0 Å². The first-order valence-corrected chi connectivity index (χ1v) is 8.46. The molecule has 0 aromatic rings. The summed E-state index contributed by atoms with van der Waals surface area (Å²) in [7, 11) is 0. The number of hydrogen-bond donors (Lipinski definition) is 5. The molecular weight excluding hydrogens is 344 g/mol. The molecule has 0 saturated heterocycles. The first kappa shape index (κ1) is 23.6. The average molecular weight is 375 g/mol. The fourth-order valence-electron chi connectivity index (χ4n) is 2.02. The smallest absolute Gasteiger partial charge is 0.411 e. The lowest BCUT2D eigenvalue weighted by Gasteiger charge is -2.26. The predicted molar refractivity (Wildman–Crippen MR) is 93.1 cm³/mol. The largest absolute Gasteiger partial charge is 0.480 e. The molecule has 26 heavy (non-hydrogen) atoms. The number of amides is 4. The van der Waals surface area contributed by atoms with Crippen LogP contribution in [-0.4, -0.2) is 53.3 Å². The zero-order valence-electron chi connectivity index (χ0n) is 16.0. The van der Waals surface area contributed by atoms with E-state index < -0.39 is 41.7 Å². The number of hydrogen-bond acceptors (Lipinski definition) is 5. The second-order valence-electron chi connectivity index (χ2n) is 7.26. The summed E-state index contributed by atoms with van der Waals surface area (Å²) in [5.41, 5.74) is 2.43. The molecule has 0 aliphatic rings. The minimum Gasteiger partial charge on any atom is -0.480 e. The van der Waals surface area contributed by atoms with Gasteiger partial charge in [-0.3, -0.25) is 10.5 Å². The van der Waals surface area contributed by atoms with E-state index in [-0.39, 0.29) is 18.9 Å². The molecule has 4 amide bonds. The van der Waals surface area contributed by atoms with Crippen LogP contribution in [0.4, 0.5) is 9.59 Å². The molecule has 0 aromatic heterocycles. The normalized spacial score (nSPS) is 13.5. The van der Waals surface area contributed by atoms with Crippen molar-refractivity contribution in [3.05, 3.63) is 0 Å². The SMILES string of the molecule is CC(C)C(NC(=O)OC(C)(C)C)C(=O)NC(CCCNC([NH3+])=O)C(=O)O. The molecule has 0 heterocycles. The van der Waals surface area contributed by atoms with Crippen LogP contribution in [0.1, 0.15) is 47.5 Å². The summed E-state index contributed by atoms with van der Waals surface area (Å²) in [6, 6.07) is -2.53. The van der Waals surface area contributed by atoms with E-state index in [9.17, 15) is 24.3 Å². The van der Waals surface area contributed by atoms with Gasteiger partial charge in [-0.1, -0.05) is 13.8 Å². The van der Waals surface area contributed by atoms with Gasteiger partial charge in [0.25, 0.3) is 0 Å². The van der Waals surface area contributed by atoms with Gasteiger partial charge in [0.15, 0.2) is 0 Å². The Morgan fingerprint density at radius 3 is 2.12 bits per heavy atom. The van der Waals surface area contributed by atoms with E-state index in [2.05, 4.69) is 21.7 Å². The van der Waals surface area contributed by atoms with Gasteiger partial charge in [0, 0.05) is 6.54 Å². The highest BCUT2D eigenvalue weighted by atomic mass is 16.6. The second kappa shape index (κ2) is 10.6. The highest BCUT2D eigenvalue weighted by Gasteiger charge is 2.30. The summed E-state index contributed by atoms with van der Waals surface area (Å²) >= 11 is 0. The Balaban J connectivity index is 4.80. The number of rotatable bonds is 9. The van der Waals surface area contributed by atoms with Crippen LogP contribution in [0, 0.1) is 5.92 Å². The van der Waals surface area contributed by atoms with Crippen molar-refractivity contribution in [2.75, 3.05) is 6.54 Å². The third kappa shape index (κ3) is 10.5. The second-order valence-corrected chi connectivity index (χ2v) is 7.26. The summed E-state index contributed by atoms with van der Waals surface area (Å²) in [4.78, 5) is 46.4. The predicted octanol–water partition coefficient (Wildman–Crippen LogP) is -0.163. The fourth-order valence-corrected chi connectivity index (χ4v) is 2.02. The fraction of sp³-hybridized carbons (Fsp3) is 0.750. The molecule has 2 atom stereocenters. The van der Waals surface area contributed by atoms with Gasteiger partial charge < -0.3 is 25.8 Å². The molecule has 150 valence electrons. The highest BCUT2D eigenvalue weighted by molar-refractivity contribution is 5.89. The summed E-state index contributed by atoms with van der Waals surface area (Å²) < 4.78 is 5.13. The number of ether oxygens (including phenoxy) is 1. The lowest BCUT2D eigenvalue weighted by Crippen LogP contribution is -2.63. The van der Waals surface area contributed by atoms with Crippen molar-refractivity contribution in [3.63, 3.8) is 0 Å². The molecule has 0 aromatic carbocycles. The maximum Gasteiger partial charge on any atom is 0.411 e. The zero-order valence-corrected chi connectivity index (χ0v) is 16.0. The first-order chi connectivity index (χ1) is 11.8. The molecule has 10 heteroatoms. The Morgan fingerprint density at radius 2 is 1.69 bits per heavy atom. The molecule has 7 N–H and O–H groups in total. The number of carboxylic acids is 1. The topological polar surface area (TPSA) is 161 Å². The van der Waals surface area contributed by atoms with Gasteiger partial charge in [0.2, 0.25) is 5.91 Å². The summed E-state index contributed by atoms with van der Waals surface area (Å²) in [6.45, 7) is 8.79. The quantitative estimate of drug-likeness (QED) is 0.352. The maximum atomic E-state index is 12.4. The summed E-state index contributed by atoms with van der Waals surface area (Å²) in [5, 5.41) is 16.6. The zero-order chi connectivity index (χ0) is 20.5. The molecule has 0 aliphatic heterocycles. The summed E-state index contributed by atoms with van der Waals surface area (Å²) in [6.07, 6.45) is -0.278. The maximum absolute atomic E-state index is 12.4. The summed E-state index contributed by atoms with van der Waals surface area (Å²) in [5.74, 6) is -2.08. The Labute approximate surface area is 153 Å². The van der Waals surface area contributed by atoms with E-state index in [0.29, 0.717) is 6.42 Å². The van der Waals surface area contributed by atoms with Crippen LogP contribution in [0.2, 0.25) is 0 Å². The van der Waals surface area contributed by atoms with Crippen molar-refractivity contribution in [1.82, 2.24) is 16.0 Å². The van der Waals surface area contributed by atoms with E-state index in [4.69, 9.17) is 4.74 Å². The molecule has 0 rings (SSSR count). The Morgan fingerprint density at radius 1 is 1.12 bits per heavy atom. The van der Waals surface area contributed by atoms with E-state index in [1.54, 1.807) is 34.6 Å². The average Bonchev–Trinajstić information content (AvgIpc) is 2.44. The van der Waals surface area contributed by atoms with Crippen molar-refractivity contribution >= 4 is 24.0 Å². The Hall–Kier alpha value is -2.36. The number of alkyl carbamates (subject to hydrolysis) is 1. The van der Waals surface area contributed by atoms with Crippen LogP contribution in [-0.2, 0) is 14.3 Å². The Kier molecular flexibility index (Phi) is 9.63. The number of aliphatic carboxylic acids is 1. The van der Waals surface area contributed by atoms with Crippen molar-refractivity contribution < 1.29 is 34.8 Å². The van der Waals surface area contributed by atoms with Crippen LogP contribution in [0.3, 0.4) is 0 Å². The molecule has 0 spiro atoms. The lowest BCUT2D eigenvalue weighted by atomic mass is 10.0. The van der Waals surface area contributed by atoms with E-state index in [1.165, 1.54) is 0 Å². The first-order valence-electron chi connectivity index (χ1n) is 8.46. The number of nitrogens with one attached hydrogen (secondary N) is 3. The van der Waals surface area contributed by atoms with E-state index in [1.807, 2.05) is 0 Å². The number of carboxylic acid groups (broad SMARTS) is 1. The van der Waals surface area contributed by atoms with Crippen molar-refractivity contribution in [3.8, 4) is 0 Å². The van der Waals surface area contributed by atoms with Gasteiger partial charge >= 0.3 is 18.1 Å². The third-order valence-corrected chi connectivity index (χ3v) is 3.23. The van der Waals surface area contributed by atoms with Crippen LogP contribution >= 0.6 is 0 Å². The van der Waals surface area contributed by atoms with Crippen LogP contribution in [0.25, 0.3) is 0 Å². The molecule has 0 bridgehead atoms. The molecule has 0 fully saturated rings. The van der Waals surface area contributed by atoms with E-state index >= 15 is 0 Å². The van der Waals surface area contributed by atoms with Gasteiger partial charge in [0.05, 0.1) is 0 Å². The highest BCUT2D eigenvalue weighted by Crippen LogP contribution is 2.09.